The van der Waals surface area contributed by atoms with Gasteiger partial charge in [0.2, 0.25) is 5.91 Å². The Balaban J connectivity index is 2.30. The Morgan fingerprint density at radius 3 is 2.81 bits per heavy atom. The van der Waals surface area contributed by atoms with E-state index in [9.17, 15) is 9.59 Å². The summed E-state index contributed by atoms with van der Waals surface area (Å²) in [5.41, 5.74) is 0. The fourth-order valence-electron chi connectivity index (χ4n) is 1.77. The van der Waals surface area contributed by atoms with Gasteiger partial charge in [-0.15, -0.1) is 0 Å². The lowest BCUT2D eigenvalue weighted by molar-refractivity contribution is -0.142. The van der Waals surface area contributed by atoms with Gasteiger partial charge in [0.25, 0.3) is 0 Å². The first kappa shape index (κ1) is 13.4. The van der Waals surface area contributed by atoms with E-state index in [4.69, 9.17) is 5.11 Å². The molecule has 5 heteroatoms. The van der Waals surface area contributed by atoms with Gasteiger partial charge in [-0.2, -0.15) is 11.8 Å². The van der Waals surface area contributed by atoms with Gasteiger partial charge >= 0.3 is 5.97 Å². The third-order valence-corrected chi connectivity index (χ3v) is 3.97. The van der Waals surface area contributed by atoms with Crippen LogP contribution in [0.3, 0.4) is 0 Å². The summed E-state index contributed by atoms with van der Waals surface area (Å²) in [7, 11) is 0. The van der Waals surface area contributed by atoms with Gasteiger partial charge in [0.15, 0.2) is 0 Å². The number of carbonyl (C=O) groups excluding carboxylic acids is 1. The molecule has 1 aliphatic heterocycles. The average molecular weight is 245 g/mol. The highest BCUT2D eigenvalue weighted by Gasteiger charge is 2.24. The summed E-state index contributed by atoms with van der Waals surface area (Å²) >= 11 is 1.78. The first-order valence-electron chi connectivity index (χ1n) is 5.73. The second-order valence-electron chi connectivity index (χ2n) is 4.13. The lowest BCUT2D eigenvalue weighted by atomic mass is 10.0. The number of aliphatic carboxylic acids is 1. The molecule has 2 unspecified atom stereocenters. The van der Waals surface area contributed by atoms with E-state index < -0.39 is 11.9 Å². The number of amides is 1. The molecular weight excluding hydrogens is 226 g/mol. The molecule has 1 fully saturated rings. The van der Waals surface area contributed by atoms with Crippen molar-refractivity contribution in [3.8, 4) is 0 Å². The molecule has 92 valence electrons. The zero-order chi connectivity index (χ0) is 12.0. The maximum atomic E-state index is 11.7. The summed E-state index contributed by atoms with van der Waals surface area (Å²) in [4.78, 5) is 22.5. The predicted octanol–water partition coefficient (Wildman–Crippen LogP) is 1.36. The molecule has 2 atom stereocenters. The van der Waals surface area contributed by atoms with Crippen LogP contribution in [0.25, 0.3) is 0 Å². The number of rotatable bonds is 6. The van der Waals surface area contributed by atoms with E-state index >= 15 is 0 Å². The summed E-state index contributed by atoms with van der Waals surface area (Å²) in [5, 5.41) is 11.7. The summed E-state index contributed by atoms with van der Waals surface area (Å²) in [6, 6.07) is 0. The Kier molecular flexibility index (Phi) is 5.66. The van der Waals surface area contributed by atoms with Crippen molar-refractivity contribution in [2.24, 2.45) is 11.8 Å². The van der Waals surface area contributed by atoms with Crippen molar-refractivity contribution in [2.45, 2.75) is 26.2 Å². The van der Waals surface area contributed by atoms with Crippen LogP contribution in [0.2, 0.25) is 0 Å². The van der Waals surface area contributed by atoms with Gasteiger partial charge in [0, 0.05) is 18.2 Å². The van der Waals surface area contributed by atoms with E-state index in [0.29, 0.717) is 6.42 Å². The zero-order valence-electron chi connectivity index (χ0n) is 9.57. The van der Waals surface area contributed by atoms with E-state index in [-0.39, 0.29) is 18.4 Å². The molecule has 2 N–H and O–H groups in total. The number of carboxylic acid groups (broad SMARTS) is 1. The van der Waals surface area contributed by atoms with E-state index in [1.165, 1.54) is 0 Å². The first-order valence-corrected chi connectivity index (χ1v) is 6.88. The molecule has 1 amide bonds. The van der Waals surface area contributed by atoms with E-state index in [0.717, 1.165) is 24.3 Å². The SMILES string of the molecule is CCCC(CNC(=O)C1CCSC1)C(=O)O. The third-order valence-electron chi connectivity index (χ3n) is 2.81. The molecule has 0 aromatic rings. The van der Waals surface area contributed by atoms with Crippen molar-refractivity contribution in [2.75, 3.05) is 18.1 Å². The van der Waals surface area contributed by atoms with Gasteiger partial charge in [-0.05, 0) is 18.6 Å². The van der Waals surface area contributed by atoms with Gasteiger partial charge in [-0.1, -0.05) is 13.3 Å². The van der Waals surface area contributed by atoms with E-state index in [2.05, 4.69) is 5.32 Å². The Morgan fingerprint density at radius 1 is 1.56 bits per heavy atom. The highest BCUT2D eigenvalue weighted by atomic mass is 32.2. The molecule has 0 aliphatic carbocycles. The highest BCUT2D eigenvalue weighted by Crippen LogP contribution is 2.23. The Morgan fingerprint density at radius 2 is 2.31 bits per heavy atom. The third kappa shape index (κ3) is 4.04. The maximum absolute atomic E-state index is 11.7. The number of carbonyl (C=O) groups is 2. The highest BCUT2D eigenvalue weighted by molar-refractivity contribution is 7.99. The van der Waals surface area contributed by atoms with Crippen LogP contribution in [0.15, 0.2) is 0 Å². The second-order valence-corrected chi connectivity index (χ2v) is 5.28. The number of nitrogens with one attached hydrogen (secondary N) is 1. The van der Waals surface area contributed by atoms with Crippen LogP contribution in [0.5, 0.6) is 0 Å². The molecule has 0 bridgehead atoms. The molecule has 4 nitrogen and oxygen atoms in total. The summed E-state index contributed by atoms with van der Waals surface area (Å²) in [6.07, 6.45) is 2.36. The molecule has 0 saturated carbocycles. The second kappa shape index (κ2) is 6.78. The van der Waals surface area contributed by atoms with Gasteiger partial charge in [-0.3, -0.25) is 9.59 Å². The molecular formula is C11H19NO3S. The van der Waals surface area contributed by atoms with Gasteiger partial charge < -0.3 is 10.4 Å². The normalized spacial score (nSPS) is 21.7. The largest absolute Gasteiger partial charge is 0.481 e. The summed E-state index contributed by atoms with van der Waals surface area (Å²) < 4.78 is 0. The number of thioether (sulfide) groups is 1. The van der Waals surface area contributed by atoms with E-state index in [1.54, 1.807) is 11.8 Å². The molecule has 1 saturated heterocycles. The van der Waals surface area contributed by atoms with Crippen LogP contribution >= 0.6 is 11.8 Å². The topological polar surface area (TPSA) is 66.4 Å². The van der Waals surface area contributed by atoms with Crippen LogP contribution in [-0.4, -0.2) is 35.0 Å². The lowest BCUT2D eigenvalue weighted by Gasteiger charge is -2.14. The van der Waals surface area contributed by atoms with Crippen LogP contribution < -0.4 is 5.32 Å². The zero-order valence-corrected chi connectivity index (χ0v) is 10.4. The first-order chi connectivity index (χ1) is 7.65. The standard InChI is InChI=1S/C11H19NO3S/c1-2-3-8(11(14)15)6-12-10(13)9-4-5-16-7-9/h8-9H,2-7H2,1H3,(H,12,13)(H,14,15). The Labute approximate surface area is 100 Å². The average Bonchev–Trinajstić information content (AvgIpc) is 2.76. The predicted molar refractivity (Wildman–Crippen MR) is 64.5 cm³/mol. The van der Waals surface area contributed by atoms with Crippen LogP contribution in [0.4, 0.5) is 0 Å². The lowest BCUT2D eigenvalue weighted by Crippen LogP contribution is -2.36. The van der Waals surface area contributed by atoms with Crippen molar-refractivity contribution in [3.63, 3.8) is 0 Å². The van der Waals surface area contributed by atoms with Crippen molar-refractivity contribution in [3.05, 3.63) is 0 Å². The number of hydrogen-bond donors (Lipinski definition) is 2. The monoisotopic (exact) mass is 245 g/mol. The minimum absolute atomic E-state index is 0.0207. The van der Waals surface area contributed by atoms with E-state index in [1.807, 2.05) is 6.92 Å². The number of hydrogen-bond acceptors (Lipinski definition) is 3. The fourth-order valence-corrected chi connectivity index (χ4v) is 2.99. The van der Waals surface area contributed by atoms with Gasteiger partial charge in [-0.25, -0.2) is 0 Å². The smallest absolute Gasteiger partial charge is 0.308 e. The molecule has 1 aliphatic rings. The molecule has 1 heterocycles. The molecule has 0 radical (unpaired) electrons. The van der Waals surface area contributed by atoms with Crippen molar-refractivity contribution < 1.29 is 14.7 Å². The summed E-state index contributed by atoms with van der Waals surface area (Å²) in [5.74, 6) is 0.756. The van der Waals surface area contributed by atoms with Crippen LogP contribution in [0.1, 0.15) is 26.2 Å². The molecule has 0 aromatic carbocycles. The Bertz CT molecular complexity index is 252. The van der Waals surface area contributed by atoms with Gasteiger partial charge in [0.05, 0.1) is 5.92 Å². The van der Waals surface area contributed by atoms with Gasteiger partial charge in [0.1, 0.15) is 0 Å². The molecule has 16 heavy (non-hydrogen) atoms. The number of carboxylic acids is 1. The van der Waals surface area contributed by atoms with Crippen molar-refractivity contribution in [1.82, 2.24) is 5.32 Å². The van der Waals surface area contributed by atoms with Crippen molar-refractivity contribution in [1.29, 1.82) is 0 Å². The quantitative estimate of drug-likeness (QED) is 0.741. The molecule has 0 spiro atoms. The summed E-state index contributed by atoms with van der Waals surface area (Å²) in [6.45, 7) is 2.22. The molecule has 1 rings (SSSR count). The fraction of sp³-hybridized carbons (Fsp3) is 0.818. The Hall–Kier alpha value is -0.710. The van der Waals surface area contributed by atoms with Crippen LogP contribution in [-0.2, 0) is 9.59 Å². The maximum Gasteiger partial charge on any atom is 0.308 e. The minimum Gasteiger partial charge on any atom is -0.481 e. The molecule has 0 aromatic heterocycles. The minimum atomic E-state index is -0.817. The van der Waals surface area contributed by atoms with Crippen LogP contribution in [0, 0.1) is 11.8 Å². The van der Waals surface area contributed by atoms with Crippen molar-refractivity contribution >= 4 is 23.6 Å².